The van der Waals surface area contributed by atoms with Gasteiger partial charge < -0.3 is 4.74 Å². The zero-order valence-electron chi connectivity index (χ0n) is 10.2. The monoisotopic (exact) mass is 275 g/mol. The average Bonchev–Trinajstić information content (AvgIpc) is 2.45. The van der Waals surface area contributed by atoms with Gasteiger partial charge in [0.25, 0.3) is 5.69 Å². The third kappa shape index (κ3) is 4.30. The van der Waals surface area contributed by atoms with Gasteiger partial charge in [-0.25, -0.2) is 0 Å². The van der Waals surface area contributed by atoms with Gasteiger partial charge in [0, 0.05) is 16.7 Å². The van der Waals surface area contributed by atoms with Gasteiger partial charge in [0.15, 0.2) is 0 Å². The minimum absolute atomic E-state index is 0.0493. The summed E-state index contributed by atoms with van der Waals surface area (Å²) >= 11 is 1.69. The van der Waals surface area contributed by atoms with E-state index in [-0.39, 0.29) is 5.69 Å². The zero-order chi connectivity index (χ0) is 13.5. The van der Waals surface area contributed by atoms with Gasteiger partial charge in [-0.3, -0.25) is 10.1 Å². The number of hydrogen-bond donors (Lipinski definition) is 0. The second kappa shape index (κ2) is 6.80. The third-order valence-electron chi connectivity index (χ3n) is 2.39. The first-order valence-electron chi connectivity index (χ1n) is 5.81. The number of nitro groups is 1. The predicted molar refractivity (Wildman–Crippen MR) is 75.8 cm³/mol. The Labute approximate surface area is 115 Å². The summed E-state index contributed by atoms with van der Waals surface area (Å²) in [6, 6.07) is 16.3. The molecule has 0 aromatic heterocycles. The minimum Gasteiger partial charge on any atom is -0.492 e. The Morgan fingerprint density at radius 3 is 2.63 bits per heavy atom. The van der Waals surface area contributed by atoms with Crippen LogP contribution in [0.3, 0.4) is 0 Å². The fourth-order valence-electron chi connectivity index (χ4n) is 1.52. The SMILES string of the molecule is O=[N+]([O-])c1cccc(OCCSc2ccccc2)c1. The van der Waals surface area contributed by atoms with Gasteiger partial charge in [-0.15, -0.1) is 11.8 Å². The molecule has 5 heteroatoms. The van der Waals surface area contributed by atoms with Gasteiger partial charge in [-0.05, 0) is 18.2 Å². The summed E-state index contributed by atoms with van der Waals surface area (Å²) < 4.78 is 5.49. The van der Waals surface area contributed by atoms with Crippen LogP contribution in [0.15, 0.2) is 59.5 Å². The summed E-state index contributed by atoms with van der Waals surface area (Å²) in [6.45, 7) is 0.515. The van der Waals surface area contributed by atoms with Crippen LogP contribution in [-0.4, -0.2) is 17.3 Å². The summed E-state index contributed by atoms with van der Waals surface area (Å²) in [6.07, 6.45) is 0. The lowest BCUT2D eigenvalue weighted by atomic mass is 10.3. The maximum Gasteiger partial charge on any atom is 0.273 e. The molecular formula is C14H13NO3S. The van der Waals surface area contributed by atoms with Crippen LogP contribution in [0.2, 0.25) is 0 Å². The van der Waals surface area contributed by atoms with E-state index in [0.717, 1.165) is 5.75 Å². The van der Waals surface area contributed by atoms with E-state index in [1.165, 1.54) is 17.0 Å². The van der Waals surface area contributed by atoms with Gasteiger partial charge in [0.2, 0.25) is 0 Å². The molecule has 2 rings (SSSR count). The van der Waals surface area contributed by atoms with Crippen molar-refractivity contribution < 1.29 is 9.66 Å². The molecule has 98 valence electrons. The number of nitrogens with zero attached hydrogens (tertiary/aromatic N) is 1. The first kappa shape index (κ1) is 13.4. The van der Waals surface area contributed by atoms with E-state index in [9.17, 15) is 10.1 Å². The van der Waals surface area contributed by atoms with Crippen LogP contribution < -0.4 is 4.74 Å². The number of nitro benzene ring substituents is 1. The van der Waals surface area contributed by atoms with Crippen molar-refractivity contribution in [2.75, 3.05) is 12.4 Å². The van der Waals surface area contributed by atoms with Gasteiger partial charge in [0.05, 0.1) is 17.6 Å². The number of ether oxygens (including phenoxy) is 1. The molecule has 0 heterocycles. The minimum atomic E-state index is -0.425. The van der Waals surface area contributed by atoms with Crippen LogP contribution in [0.1, 0.15) is 0 Å². The number of non-ortho nitro benzene ring substituents is 1. The highest BCUT2D eigenvalue weighted by Gasteiger charge is 2.05. The molecule has 0 aliphatic carbocycles. The highest BCUT2D eigenvalue weighted by atomic mass is 32.2. The molecule has 0 aliphatic rings. The quantitative estimate of drug-likeness (QED) is 0.348. The smallest absolute Gasteiger partial charge is 0.273 e. The molecule has 0 spiro atoms. The molecular weight excluding hydrogens is 262 g/mol. The van der Waals surface area contributed by atoms with E-state index >= 15 is 0 Å². The lowest BCUT2D eigenvalue weighted by molar-refractivity contribution is -0.384. The second-order valence-corrected chi connectivity index (χ2v) is 4.93. The maximum absolute atomic E-state index is 10.6. The summed E-state index contributed by atoms with van der Waals surface area (Å²) in [5, 5.41) is 10.6. The van der Waals surface area contributed by atoms with Crippen LogP contribution in [0.4, 0.5) is 5.69 Å². The number of rotatable bonds is 6. The summed E-state index contributed by atoms with van der Waals surface area (Å²) in [4.78, 5) is 11.4. The van der Waals surface area contributed by atoms with E-state index in [4.69, 9.17) is 4.74 Å². The fraction of sp³-hybridized carbons (Fsp3) is 0.143. The van der Waals surface area contributed by atoms with Crippen LogP contribution in [0.25, 0.3) is 0 Å². The molecule has 0 N–H and O–H groups in total. The third-order valence-corrected chi connectivity index (χ3v) is 3.37. The molecule has 4 nitrogen and oxygen atoms in total. The molecule has 0 atom stereocenters. The maximum atomic E-state index is 10.6. The van der Waals surface area contributed by atoms with Crippen LogP contribution in [0.5, 0.6) is 5.75 Å². The Kier molecular flexibility index (Phi) is 4.80. The Bertz CT molecular complexity index is 545. The zero-order valence-corrected chi connectivity index (χ0v) is 11.0. The Balaban J connectivity index is 1.80. The summed E-state index contributed by atoms with van der Waals surface area (Å²) in [5.41, 5.74) is 0.0493. The van der Waals surface area contributed by atoms with Crippen molar-refractivity contribution in [3.8, 4) is 5.75 Å². The van der Waals surface area contributed by atoms with E-state index in [0.29, 0.717) is 12.4 Å². The van der Waals surface area contributed by atoms with E-state index in [1.54, 1.807) is 23.9 Å². The summed E-state index contributed by atoms with van der Waals surface area (Å²) in [7, 11) is 0. The molecule has 0 aliphatic heterocycles. The van der Waals surface area contributed by atoms with Crippen molar-refractivity contribution >= 4 is 17.4 Å². The molecule has 0 unspecified atom stereocenters. The largest absolute Gasteiger partial charge is 0.492 e. The molecule has 19 heavy (non-hydrogen) atoms. The number of thioether (sulfide) groups is 1. The molecule has 0 saturated heterocycles. The molecule has 0 fully saturated rings. The van der Waals surface area contributed by atoms with E-state index in [2.05, 4.69) is 0 Å². The van der Waals surface area contributed by atoms with Gasteiger partial charge >= 0.3 is 0 Å². The molecule has 0 amide bonds. The van der Waals surface area contributed by atoms with Gasteiger partial charge in [-0.2, -0.15) is 0 Å². The van der Waals surface area contributed by atoms with E-state index < -0.39 is 4.92 Å². The number of hydrogen-bond acceptors (Lipinski definition) is 4. The van der Waals surface area contributed by atoms with Crippen molar-refractivity contribution in [1.29, 1.82) is 0 Å². The summed E-state index contributed by atoms with van der Waals surface area (Å²) in [5.74, 6) is 1.33. The normalized spacial score (nSPS) is 10.1. The standard InChI is InChI=1S/C14H13NO3S/c16-15(17)12-5-4-6-13(11-12)18-9-10-19-14-7-2-1-3-8-14/h1-8,11H,9-10H2. The lowest BCUT2D eigenvalue weighted by Crippen LogP contribution is -2.00. The Morgan fingerprint density at radius 1 is 1.11 bits per heavy atom. The molecule has 2 aromatic rings. The Hall–Kier alpha value is -2.01. The van der Waals surface area contributed by atoms with Crippen molar-refractivity contribution in [3.05, 3.63) is 64.7 Å². The van der Waals surface area contributed by atoms with Crippen molar-refractivity contribution in [1.82, 2.24) is 0 Å². The topological polar surface area (TPSA) is 52.4 Å². The van der Waals surface area contributed by atoms with Crippen molar-refractivity contribution in [2.45, 2.75) is 4.90 Å². The van der Waals surface area contributed by atoms with Crippen molar-refractivity contribution in [2.24, 2.45) is 0 Å². The van der Waals surface area contributed by atoms with Crippen LogP contribution in [0, 0.1) is 10.1 Å². The van der Waals surface area contributed by atoms with Crippen LogP contribution >= 0.6 is 11.8 Å². The first-order chi connectivity index (χ1) is 9.25. The molecule has 0 bridgehead atoms. The highest BCUT2D eigenvalue weighted by Crippen LogP contribution is 2.20. The fourth-order valence-corrected chi connectivity index (χ4v) is 2.27. The lowest BCUT2D eigenvalue weighted by Gasteiger charge is -2.05. The molecule has 0 saturated carbocycles. The first-order valence-corrected chi connectivity index (χ1v) is 6.79. The van der Waals surface area contributed by atoms with Crippen molar-refractivity contribution in [3.63, 3.8) is 0 Å². The van der Waals surface area contributed by atoms with Gasteiger partial charge in [-0.1, -0.05) is 24.3 Å². The Morgan fingerprint density at radius 2 is 1.89 bits per heavy atom. The average molecular weight is 275 g/mol. The van der Waals surface area contributed by atoms with E-state index in [1.807, 2.05) is 30.3 Å². The van der Waals surface area contributed by atoms with Gasteiger partial charge in [0.1, 0.15) is 5.75 Å². The second-order valence-electron chi connectivity index (χ2n) is 3.76. The van der Waals surface area contributed by atoms with Crippen LogP contribution in [-0.2, 0) is 0 Å². The predicted octanol–water partition coefficient (Wildman–Crippen LogP) is 3.77. The molecule has 2 aromatic carbocycles. The molecule has 0 radical (unpaired) electrons. The highest BCUT2D eigenvalue weighted by molar-refractivity contribution is 7.99. The number of benzene rings is 2.